The van der Waals surface area contributed by atoms with Crippen molar-refractivity contribution >= 4 is 33.0 Å². The highest BCUT2D eigenvalue weighted by Gasteiger charge is 2.32. The summed E-state index contributed by atoms with van der Waals surface area (Å²) in [6.07, 6.45) is 3.66. The third-order valence-electron chi connectivity index (χ3n) is 5.17. The second-order valence-corrected chi connectivity index (χ2v) is 9.13. The van der Waals surface area contributed by atoms with Crippen molar-refractivity contribution < 1.29 is 22.2 Å². The van der Waals surface area contributed by atoms with E-state index in [2.05, 4.69) is 5.16 Å². The smallest absolute Gasteiger partial charge is 0.248 e. The van der Waals surface area contributed by atoms with Gasteiger partial charge in [0.05, 0.1) is 0 Å². The van der Waals surface area contributed by atoms with Crippen molar-refractivity contribution in [3.63, 3.8) is 0 Å². The minimum atomic E-state index is -3.72. The fraction of sp³-hybridized carbons (Fsp3) is 0.333. The van der Waals surface area contributed by atoms with Crippen LogP contribution in [0.15, 0.2) is 50.2 Å². The summed E-state index contributed by atoms with van der Waals surface area (Å²) in [4.78, 5) is 14.4. The molecule has 4 rings (SSSR count). The van der Waals surface area contributed by atoms with Gasteiger partial charge in [-0.25, -0.2) is 8.42 Å². The second kappa shape index (κ2) is 8.08. The van der Waals surface area contributed by atoms with Crippen LogP contribution in [0.3, 0.4) is 0 Å². The summed E-state index contributed by atoms with van der Waals surface area (Å²) in [7, 11) is -3.72. The zero-order chi connectivity index (χ0) is 21.3. The van der Waals surface area contributed by atoms with Crippen LogP contribution in [0.2, 0.25) is 0 Å². The van der Waals surface area contributed by atoms with Crippen molar-refractivity contribution in [2.24, 2.45) is 0 Å². The number of aryl methyl sites for hydroxylation is 2. The molecule has 0 bridgehead atoms. The first kappa shape index (κ1) is 20.4. The van der Waals surface area contributed by atoms with E-state index in [-0.39, 0.29) is 23.1 Å². The number of hydrogen-bond donors (Lipinski definition) is 0. The van der Waals surface area contributed by atoms with Gasteiger partial charge in [0, 0.05) is 37.6 Å². The fourth-order valence-electron chi connectivity index (χ4n) is 3.67. The minimum absolute atomic E-state index is 0.118. The number of hydrogen-bond acceptors (Lipinski definition) is 6. The molecule has 1 aromatic carbocycles. The number of carbonyl (C=O) groups is 1. The van der Waals surface area contributed by atoms with E-state index >= 15 is 0 Å². The zero-order valence-electron chi connectivity index (χ0n) is 16.9. The molecule has 8 nitrogen and oxygen atoms in total. The Bertz CT molecular complexity index is 1160. The summed E-state index contributed by atoms with van der Waals surface area (Å²) < 4.78 is 38.1. The van der Waals surface area contributed by atoms with Crippen LogP contribution in [0.5, 0.6) is 0 Å². The lowest BCUT2D eigenvalue weighted by atomic mass is 10.2. The largest absolute Gasteiger partial charge is 0.457 e. The van der Waals surface area contributed by atoms with Gasteiger partial charge in [-0.3, -0.25) is 4.79 Å². The fourth-order valence-corrected chi connectivity index (χ4v) is 5.43. The van der Waals surface area contributed by atoms with Gasteiger partial charge in [-0.1, -0.05) is 23.4 Å². The molecule has 158 valence electrons. The molecule has 0 unspecified atom stereocenters. The van der Waals surface area contributed by atoms with E-state index in [9.17, 15) is 13.2 Å². The molecule has 2 aromatic heterocycles. The summed E-state index contributed by atoms with van der Waals surface area (Å²) in [5.41, 5.74) is 1.11. The lowest BCUT2D eigenvalue weighted by Crippen LogP contribution is -2.37. The van der Waals surface area contributed by atoms with E-state index in [0.717, 1.165) is 11.0 Å². The number of nitrogens with zero attached hydrogens (tertiary/aromatic N) is 3. The SMILES string of the molecule is Cc1noc(C)c1S(=O)(=O)N1CCCN(C(=O)/C=C/c2cc3ccccc3o2)CC1. The molecule has 30 heavy (non-hydrogen) atoms. The Morgan fingerprint density at radius 3 is 2.67 bits per heavy atom. The van der Waals surface area contributed by atoms with Gasteiger partial charge in [0.1, 0.15) is 21.9 Å². The number of fused-ring (bicyclic) bond motifs is 1. The van der Waals surface area contributed by atoms with Crippen LogP contribution < -0.4 is 0 Å². The van der Waals surface area contributed by atoms with E-state index in [4.69, 9.17) is 8.94 Å². The molecule has 0 N–H and O–H groups in total. The number of amides is 1. The molecule has 1 fully saturated rings. The van der Waals surface area contributed by atoms with Crippen LogP contribution in [0.1, 0.15) is 23.6 Å². The second-order valence-electron chi connectivity index (χ2n) is 7.26. The number of aromatic nitrogens is 1. The molecule has 3 aromatic rings. The molecule has 3 heterocycles. The predicted molar refractivity (Wildman–Crippen MR) is 111 cm³/mol. The average molecular weight is 429 g/mol. The molecule has 0 atom stereocenters. The van der Waals surface area contributed by atoms with Crippen molar-refractivity contribution in [1.82, 2.24) is 14.4 Å². The summed E-state index contributed by atoms with van der Waals surface area (Å²) in [5.74, 6) is 0.701. The number of furan rings is 1. The Hall–Kier alpha value is -2.91. The molecular weight excluding hydrogens is 406 g/mol. The monoisotopic (exact) mass is 429 g/mol. The summed E-state index contributed by atoms with van der Waals surface area (Å²) in [5, 5.41) is 4.72. The molecule has 0 aliphatic carbocycles. The predicted octanol–water partition coefficient (Wildman–Crippen LogP) is 2.97. The van der Waals surface area contributed by atoms with Crippen LogP contribution in [0, 0.1) is 13.8 Å². The van der Waals surface area contributed by atoms with E-state index in [1.165, 1.54) is 10.4 Å². The summed E-state index contributed by atoms with van der Waals surface area (Å²) in [6, 6.07) is 9.51. The molecule has 1 saturated heterocycles. The number of benzene rings is 1. The van der Waals surface area contributed by atoms with E-state index in [0.29, 0.717) is 37.5 Å². The molecule has 9 heteroatoms. The molecule has 1 amide bonds. The highest BCUT2D eigenvalue weighted by atomic mass is 32.2. The van der Waals surface area contributed by atoms with Gasteiger partial charge >= 0.3 is 0 Å². The van der Waals surface area contributed by atoms with E-state index < -0.39 is 10.0 Å². The minimum Gasteiger partial charge on any atom is -0.457 e. The molecule has 1 aliphatic heterocycles. The van der Waals surface area contributed by atoms with Gasteiger partial charge < -0.3 is 13.8 Å². The van der Waals surface area contributed by atoms with Crippen molar-refractivity contribution in [2.75, 3.05) is 26.2 Å². The number of rotatable bonds is 4. The maximum atomic E-state index is 13.0. The average Bonchev–Trinajstić information content (AvgIpc) is 3.18. The molecule has 0 saturated carbocycles. The number of sulfonamides is 1. The third kappa shape index (κ3) is 3.90. The first-order chi connectivity index (χ1) is 14.4. The van der Waals surface area contributed by atoms with Crippen LogP contribution in [-0.2, 0) is 14.8 Å². The first-order valence-electron chi connectivity index (χ1n) is 9.75. The molecule has 1 aliphatic rings. The van der Waals surface area contributed by atoms with Gasteiger partial charge in [0.2, 0.25) is 15.9 Å². The molecular formula is C21H23N3O5S. The van der Waals surface area contributed by atoms with Gasteiger partial charge in [-0.05, 0) is 38.5 Å². The first-order valence-corrected chi connectivity index (χ1v) is 11.2. The Morgan fingerprint density at radius 2 is 1.93 bits per heavy atom. The zero-order valence-corrected chi connectivity index (χ0v) is 17.7. The highest BCUT2D eigenvalue weighted by Crippen LogP contribution is 2.24. The Kier molecular flexibility index (Phi) is 5.48. The standard InChI is InChI=1S/C21H23N3O5S/c1-15-21(16(2)29-22-15)30(26,27)24-11-5-10-23(12-13-24)20(25)9-8-18-14-17-6-3-4-7-19(17)28-18/h3-4,6-9,14H,5,10-13H2,1-2H3/b9-8+. The van der Waals surface area contributed by atoms with E-state index in [1.807, 2.05) is 30.3 Å². The molecule has 0 spiro atoms. The highest BCUT2D eigenvalue weighted by molar-refractivity contribution is 7.89. The molecule has 0 radical (unpaired) electrons. The van der Waals surface area contributed by atoms with Gasteiger partial charge in [-0.15, -0.1) is 0 Å². The summed E-state index contributed by atoms with van der Waals surface area (Å²) >= 11 is 0. The maximum Gasteiger partial charge on any atom is 0.248 e. The summed E-state index contributed by atoms with van der Waals surface area (Å²) in [6.45, 7) is 4.55. The lowest BCUT2D eigenvalue weighted by molar-refractivity contribution is -0.125. The van der Waals surface area contributed by atoms with Crippen LogP contribution in [0.25, 0.3) is 17.0 Å². The lowest BCUT2D eigenvalue weighted by Gasteiger charge is -2.21. The Balaban J connectivity index is 1.44. The van der Waals surface area contributed by atoms with Gasteiger partial charge in [-0.2, -0.15) is 4.31 Å². The van der Waals surface area contributed by atoms with E-state index in [1.54, 1.807) is 24.8 Å². The van der Waals surface area contributed by atoms with Crippen molar-refractivity contribution in [3.05, 3.63) is 53.6 Å². The third-order valence-corrected chi connectivity index (χ3v) is 7.31. The quantitative estimate of drug-likeness (QED) is 0.592. The van der Waals surface area contributed by atoms with Gasteiger partial charge in [0.25, 0.3) is 0 Å². The van der Waals surface area contributed by atoms with Crippen LogP contribution in [0.4, 0.5) is 0 Å². The number of para-hydroxylation sites is 1. The van der Waals surface area contributed by atoms with Crippen molar-refractivity contribution in [3.8, 4) is 0 Å². The topological polar surface area (TPSA) is 96.9 Å². The van der Waals surface area contributed by atoms with Gasteiger partial charge in [0.15, 0.2) is 5.76 Å². The maximum absolute atomic E-state index is 13.0. The van der Waals surface area contributed by atoms with Crippen LogP contribution in [-0.4, -0.2) is 54.9 Å². The Morgan fingerprint density at radius 1 is 1.13 bits per heavy atom. The normalized spacial score (nSPS) is 16.4. The Labute approximate surface area is 174 Å². The van der Waals surface area contributed by atoms with Crippen molar-refractivity contribution in [1.29, 1.82) is 0 Å². The number of carbonyl (C=O) groups excluding carboxylic acids is 1. The van der Waals surface area contributed by atoms with Crippen LogP contribution >= 0.6 is 0 Å². The van der Waals surface area contributed by atoms with Crippen molar-refractivity contribution in [2.45, 2.75) is 25.2 Å².